The Morgan fingerprint density at radius 1 is 1.00 bits per heavy atom. The Morgan fingerprint density at radius 3 is 2.23 bits per heavy atom. The Hall–Kier alpha value is -0.0400. The molecule has 1 aliphatic carbocycles. The summed E-state index contributed by atoms with van der Waals surface area (Å²) < 4.78 is 0. The van der Waals surface area contributed by atoms with Crippen molar-refractivity contribution in [1.29, 1.82) is 0 Å². The van der Waals surface area contributed by atoms with Gasteiger partial charge < -0.3 is 15.1 Å². The molecule has 5 heteroatoms. The highest BCUT2D eigenvalue weighted by Crippen LogP contribution is 2.35. The highest BCUT2D eigenvalue weighted by molar-refractivity contribution is 14.0. The number of fused-ring (bicyclic) bond motifs is 1. The molecule has 1 N–H and O–H groups in total. The van der Waals surface area contributed by atoms with Gasteiger partial charge in [-0.05, 0) is 50.6 Å². The first-order valence-electron chi connectivity index (χ1n) is 9.05. The molecule has 0 amide bonds. The Bertz CT molecular complexity index is 341. The van der Waals surface area contributed by atoms with Crippen LogP contribution in [0.1, 0.15) is 44.9 Å². The van der Waals surface area contributed by atoms with Gasteiger partial charge in [0.2, 0.25) is 0 Å². The molecule has 4 nitrogen and oxygen atoms in total. The molecule has 2 heterocycles. The predicted molar refractivity (Wildman–Crippen MR) is 104 cm³/mol. The minimum atomic E-state index is 0. The molecule has 0 spiro atoms. The number of likely N-dealkylation sites (tertiary alicyclic amines) is 2. The number of piperidine rings is 1. The van der Waals surface area contributed by atoms with Gasteiger partial charge >= 0.3 is 0 Å². The smallest absolute Gasteiger partial charge is 0.193 e. The van der Waals surface area contributed by atoms with Crippen LogP contribution in [0, 0.1) is 11.8 Å². The van der Waals surface area contributed by atoms with Crippen LogP contribution in [0.2, 0.25) is 0 Å². The summed E-state index contributed by atoms with van der Waals surface area (Å²) in [5.41, 5.74) is 0. The molecule has 3 rings (SSSR count). The van der Waals surface area contributed by atoms with Crippen LogP contribution in [0.25, 0.3) is 0 Å². The maximum atomic E-state index is 4.52. The predicted octanol–water partition coefficient (Wildman–Crippen LogP) is 2.79. The molecule has 0 aromatic heterocycles. The third-order valence-corrected chi connectivity index (χ3v) is 5.65. The van der Waals surface area contributed by atoms with Crippen molar-refractivity contribution in [2.75, 3.05) is 46.3 Å². The quantitative estimate of drug-likeness (QED) is 0.433. The summed E-state index contributed by atoms with van der Waals surface area (Å²) in [4.78, 5) is 9.63. The van der Waals surface area contributed by atoms with Crippen LogP contribution in [0.5, 0.6) is 0 Å². The van der Waals surface area contributed by atoms with Crippen molar-refractivity contribution in [3.63, 3.8) is 0 Å². The summed E-state index contributed by atoms with van der Waals surface area (Å²) >= 11 is 0. The van der Waals surface area contributed by atoms with E-state index in [-0.39, 0.29) is 24.0 Å². The summed E-state index contributed by atoms with van der Waals surface area (Å²) in [6.07, 6.45) is 9.93. The van der Waals surface area contributed by atoms with Crippen molar-refractivity contribution >= 4 is 29.9 Å². The minimum absolute atomic E-state index is 0. The molecule has 0 bridgehead atoms. The SMILES string of the molecule is CN=C(NCCN1CCCCC1)N1CC2CCCCC2C1.I. The van der Waals surface area contributed by atoms with E-state index in [1.165, 1.54) is 77.7 Å². The van der Waals surface area contributed by atoms with Gasteiger partial charge in [0.05, 0.1) is 0 Å². The topological polar surface area (TPSA) is 30.9 Å². The normalized spacial score (nSPS) is 29.9. The molecule has 1 saturated carbocycles. The second-order valence-corrected chi connectivity index (χ2v) is 7.09. The zero-order valence-corrected chi connectivity index (χ0v) is 16.4. The summed E-state index contributed by atoms with van der Waals surface area (Å²) in [7, 11) is 1.94. The third-order valence-electron chi connectivity index (χ3n) is 5.65. The Balaban J connectivity index is 0.00000176. The lowest BCUT2D eigenvalue weighted by Gasteiger charge is -2.28. The van der Waals surface area contributed by atoms with Crippen LogP contribution in [0.4, 0.5) is 0 Å². The largest absolute Gasteiger partial charge is 0.355 e. The van der Waals surface area contributed by atoms with Crippen LogP contribution in [-0.2, 0) is 0 Å². The average Bonchev–Trinajstić information content (AvgIpc) is 2.96. The van der Waals surface area contributed by atoms with E-state index < -0.39 is 0 Å². The Morgan fingerprint density at radius 2 is 1.64 bits per heavy atom. The van der Waals surface area contributed by atoms with Crippen molar-refractivity contribution < 1.29 is 0 Å². The molecule has 2 unspecified atom stereocenters. The van der Waals surface area contributed by atoms with Crippen molar-refractivity contribution in [1.82, 2.24) is 15.1 Å². The minimum Gasteiger partial charge on any atom is -0.355 e. The molecular formula is C17H33IN4. The molecule has 0 radical (unpaired) electrons. The average molecular weight is 420 g/mol. The Kier molecular flexibility index (Phi) is 7.74. The van der Waals surface area contributed by atoms with Gasteiger partial charge in [0, 0.05) is 33.2 Å². The maximum absolute atomic E-state index is 4.52. The number of halogens is 1. The fourth-order valence-corrected chi connectivity index (χ4v) is 4.42. The molecule has 3 fully saturated rings. The lowest BCUT2D eigenvalue weighted by molar-refractivity contribution is 0.231. The first kappa shape index (κ1) is 18.3. The van der Waals surface area contributed by atoms with E-state index in [2.05, 4.69) is 20.1 Å². The summed E-state index contributed by atoms with van der Waals surface area (Å²) in [6.45, 7) is 7.24. The fraction of sp³-hybridized carbons (Fsp3) is 0.941. The maximum Gasteiger partial charge on any atom is 0.193 e. The van der Waals surface area contributed by atoms with Crippen LogP contribution < -0.4 is 5.32 Å². The molecule has 0 aromatic rings. The van der Waals surface area contributed by atoms with Crippen LogP contribution >= 0.6 is 24.0 Å². The molecule has 0 aromatic carbocycles. The van der Waals surface area contributed by atoms with Crippen LogP contribution in [0.3, 0.4) is 0 Å². The highest BCUT2D eigenvalue weighted by Gasteiger charge is 2.35. The molecule has 22 heavy (non-hydrogen) atoms. The first-order chi connectivity index (χ1) is 10.4. The van der Waals surface area contributed by atoms with Crippen LogP contribution in [0.15, 0.2) is 4.99 Å². The number of aliphatic imine (C=N–C) groups is 1. The number of hydrogen-bond donors (Lipinski definition) is 1. The molecule has 2 aliphatic heterocycles. The second-order valence-electron chi connectivity index (χ2n) is 7.09. The van der Waals surface area contributed by atoms with Crippen molar-refractivity contribution in [3.8, 4) is 0 Å². The van der Waals surface area contributed by atoms with Crippen LogP contribution in [-0.4, -0.2) is 62.1 Å². The number of rotatable bonds is 3. The molecule has 2 saturated heterocycles. The second kappa shape index (κ2) is 9.30. The molecule has 3 aliphatic rings. The van der Waals surface area contributed by atoms with E-state index in [1.807, 2.05) is 7.05 Å². The summed E-state index contributed by atoms with van der Waals surface area (Å²) in [5, 5.41) is 3.60. The highest BCUT2D eigenvalue weighted by atomic mass is 127. The van der Waals surface area contributed by atoms with E-state index in [4.69, 9.17) is 0 Å². The van der Waals surface area contributed by atoms with Crippen molar-refractivity contribution in [3.05, 3.63) is 0 Å². The van der Waals surface area contributed by atoms with Gasteiger partial charge in [0.25, 0.3) is 0 Å². The van der Waals surface area contributed by atoms with E-state index in [0.29, 0.717) is 0 Å². The van der Waals surface area contributed by atoms with Gasteiger partial charge in [-0.3, -0.25) is 4.99 Å². The fourth-order valence-electron chi connectivity index (χ4n) is 4.42. The zero-order chi connectivity index (χ0) is 14.5. The van der Waals surface area contributed by atoms with Gasteiger partial charge in [-0.2, -0.15) is 0 Å². The van der Waals surface area contributed by atoms with Gasteiger partial charge in [0.15, 0.2) is 5.96 Å². The lowest BCUT2D eigenvalue weighted by atomic mass is 9.82. The first-order valence-corrected chi connectivity index (χ1v) is 9.05. The van der Waals surface area contributed by atoms with Crippen molar-refractivity contribution in [2.45, 2.75) is 44.9 Å². The summed E-state index contributed by atoms with van der Waals surface area (Å²) in [6, 6.07) is 0. The van der Waals surface area contributed by atoms with Gasteiger partial charge in [-0.25, -0.2) is 0 Å². The number of nitrogens with one attached hydrogen (secondary N) is 1. The van der Waals surface area contributed by atoms with Gasteiger partial charge in [0.1, 0.15) is 0 Å². The standard InChI is InChI=1S/C17H32N4.HI/c1-18-17(19-9-12-20-10-5-2-6-11-20)21-13-15-7-3-4-8-16(15)14-21;/h15-16H,2-14H2,1H3,(H,18,19);1H. The zero-order valence-electron chi connectivity index (χ0n) is 14.1. The molecule has 2 atom stereocenters. The van der Waals surface area contributed by atoms with E-state index >= 15 is 0 Å². The Labute approximate surface area is 153 Å². The van der Waals surface area contributed by atoms with Crippen molar-refractivity contribution in [2.24, 2.45) is 16.8 Å². The number of hydrogen-bond acceptors (Lipinski definition) is 2. The summed E-state index contributed by atoms with van der Waals surface area (Å²) in [5.74, 6) is 3.00. The van der Waals surface area contributed by atoms with Gasteiger partial charge in [-0.15, -0.1) is 24.0 Å². The number of nitrogens with zero attached hydrogens (tertiary/aromatic N) is 3. The third kappa shape index (κ3) is 4.73. The van der Waals surface area contributed by atoms with E-state index in [9.17, 15) is 0 Å². The lowest BCUT2D eigenvalue weighted by Crippen LogP contribution is -2.44. The molecule has 128 valence electrons. The van der Waals surface area contributed by atoms with Gasteiger partial charge in [-0.1, -0.05) is 19.3 Å². The van der Waals surface area contributed by atoms with E-state index in [1.54, 1.807) is 0 Å². The number of guanidine groups is 1. The monoisotopic (exact) mass is 420 g/mol. The molecular weight excluding hydrogens is 387 g/mol. The van der Waals surface area contributed by atoms with E-state index in [0.717, 1.165) is 24.3 Å².